The van der Waals surface area contributed by atoms with E-state index in [-0.39, 0.29) is 18.1 Å². The quantitative estimate of drug-likeness (QED) is 0.887. The van der Waals surface area contributed by atoms with Gasteiger partial charge in [-0.05, 0) is 52.7 Å². The van der Waals surface area contributed by atoms with E-state index in [1.54, 1.807) is 12.1 Å². The predicted molar refractivity (Wildman–Crippen MR) is 82.4 cm³/mol. The number of rotatable bonds is 4. The third-order valence-electron chi connectivity index (χ3n) is 2.71. The first-order valence-corrected chi connectivity index (χ1v) is 6.90. The Hall–Kier alpha value is -1.88. The van der Waals surface area contributed by atoms with Crippen LogP contribution in [0.5, 0.6) is 0 Å². The summed E-state index contributed by atoms with van der Waals surface area (Å²) < 4.78 is 14.3. The van der Waals surface area contributed by atoms with E-state index < -0.39 is 5.82 Å². The maximum Gasteiger partial charge on any atom is 0.243 e. The molecule has 0 aromatic heterocycles. The van der Waals surface area contributed by atoms with Gasteiger partial charge in [0.1, 0.15) is 5.82 Å². The second kappa shape index (κ2) is 6.52. The molecule has 0 bridgehead atoms. The van der Waals surface area contributed by atoms with E-state index in [1.165, 1.54) is 12.1 Å². The van der Waals surface area contributed by atoms with Crippen LogP contribution in [0, 0.1) is 12.7 Å². The molecule has 0 fully saturated rings. The van der Waals surface area contributed by atoms with Crippen molar-refractivity contribution in [1.82, 2.24) is 0 Å². The minimum Gasteiger partial charge on any atom is -0.375 e. The predicted octanol–water partition coefficient (Wildman–Crippen LogP) is 3.95. The van der Waals surface area contributed by atoms with Gasteiger partial charge < -0.3 is 10.6 Å². The molecule has 3 nitrogen and oxygen atoms in total. The van der Waals surface area contributed by atoms with Crippen LogP contribution >= 0.6 is 15.9 Å². The fourth-order valence-electron chi connectivity index (χ4n) is 1.70. The van der Waals surface area contributed by atoms with Gasteiger partial charge in [-0.3, -0.25) is 4.79 Å². The second-order valence-electron chi connectivity index (χ2n) is 4.36. The van der Waals surface area contributed by atoms with Crippen molar-refractivity contribution in [2.75, 3.05) is 17.2 Å². The highest BCUT2D eigenvalue weighted by molar-refractivity contribution is 9.10. The lowest BCUT2D eigenvalue weighted by molar-refractivity contribution is -0.114. The summed E-state index contributed by atoms with van der Waals surface area (Å²) in [6, 6.07) is 11.9. The monoisotopic (exact) mass is 336 g/mol. The number of aryl methyl sites for hydroxylation is 1. The van der Waals surface area contributed by atoms with Crippen LogP contribution in [0.15, 0.2) is 46.9 Å². The molecular formula is C15H14BrFN2O. The topological polar surface area (TPSA) is 41.1 Å². The molecule has 0 saturated carbocycles. The Morgan fingerprint density at radius 1 is 1.20 bits per heavy atom. The molecule has 0 spiro atoms. The second-order valence-corrected chi connectivity index (χ2v) is 5.22. The van der Waals surface area contributed by atoms with Gasteiger partial charge in [0.05, 0.1) is 12.2 Å². The third-order valence-corrected chi connectivity index (χ3v) is 3.37. The van der Waals surface area contributed by atoms with Crippen molar-refractivity contribution in [3.05, 3.63) is 58.3 Å². The van der Waals surface area contributed by atoms with Gasteiger partial charge in [0, 0.05) is 10.2 Å². The summed E-state index contributed by atoms with van der Waals surface area (Å²) in [5, 5.41) is 5.52. The molecule has 2 N–H and O–H groups in total. The highest BCUT2D eigenvalue weighted by atomic mass is 79.9. The summed E-state index contributed by atoms with van der Waals surface area (Å²) >= 11 is 3.42. The minimum absolute atomic E-state index is 0.0655. The van der Waals surface area contributed by atoms with Gasteiger partial charge >= 0.3 is 0 Å². The zero-order chi connectivity index (χ0) is 14.5. The van der Waals surface area contributed by atoms with E-state index in [4.69, 9.17) is 0 Å². The highest BCUT2D eigenvalue weighted by Crippen LogP contribution is 2.23. The number of hydrogen-bond acceptors (Lipinski definition) is 2. The van der Waals surface area contributed by atoms with Gasteiger partial charge in [0.2, 0.25) is 5.91 Å². The minimum atomic E-state index is -0.447. The molecule has 20 heavy (non-hydrogen) atoms. The molecule has 0 radical (unpaired) electrons. The van der Waals surface area contributed by atoms with Crippen molar-refractivity contribution >= 4 is 33.2 Å². The number of carbonyl (C=O) groups is 1. The molecule has 0 saturated heterocycles. The average molecular weight is 337 g/mol. The van der Waals surface area contributed by atoms with E-state index >= 15 is 0 Å². The smallest absolute Gasteiger partial charge is 0.243 e. The van der Waals surface area contributed by atoms with Crippen LogP contribution in [-0.2, 0) is 4.79 Å². The van der Waals surface area contributed by atoms with Crippen molar-refractivity contribution in [2.45, 2.75) is 6.92 Å². The van der Waals surface area contributed by atoms with E-state index in [0.29, 0.717) is 0 Å². The molecule has 0 aliphatic carbocycles. The molecule has 2 aromatic rings. The first kappa shape index (κ1) is 14.5. The molecule has 0 aliphatic heterocycles. The summed E-state index contributed by atoms with van der Waals surface area (Å²) in [6.45, 7) is 2.05. The number of benzene rings is 2. The van der Waals surface area contributed by atoms with Crippen molar-refractivity contribution in [1.29, 1.82) is 0 Å². The van der Waals surface area contributed by atoms with Crippen molar-refractivity contribution in [3.8, 4) is 0 Å². The van der Waals surface area contributed by atoms with Crippen molar-refractivity contribution in [2.24, 2.45) is 0 Å². The molecule has 1 amide bonds. The van der Waals surface area contributed by atoms with E-state index in [9.17, 15) is 9.18 Å². The summed E-state index contributed by atoms with van der Waals surface area (Å²) in [5.74, 6) is -0.750. The normalized spacial score (nSPS) is 10.2. The Bertz CT molecular complexity index is 631. The first-order chi connectivity index (χ1) is 9.56. The largest absolute Gasteiger partial charge is 0.375 e. The van der Waals surface area contributed by atoms with Crippen molar-refractivity contribution < 1.29 is 9.18 Å². The standard InChI is InChI=1S/C15H14BrFN2O/c1-10-6-7-13(11(16)8-10)18-9-15(20)19-14-5-3-2-4-12(14)17/h2-8,18H,9H2,1H3,(H,19,20). The van der Waals surface area contributed by atoms with Gasteiger partial charge in [0.15, 0.2) is 0 Å². The van der Waals surface area contributed by atoms with Crippen LogP contribution in [0.1, 0.15) is 5.56 Å². The van der Waals surface area contributed by atoms with Crippen LogP contribution in [0.2, 0.25) is 0 Å². The lowest BCUT2D eigenvalue weighted by Crippen LogP contribution is -2.22. The number of halogens is 2. The molecular weight excluding hydrogens is 323 g/mol. The molecule has 2 rings (SSSR count). The van der Waals surface area contributed by atoms with E-state index in [1.807, 2.05) is 25.1 Å². The zero-order valence-corrected chi connectivity index (χ0v) is 12.5. The first-order valence-electron chi connectivity index (χ1n) is 6.10. The van der Waals surface area contributed by atoms with Gasteiger partial charge in [-0.1, -0.05) is 18.2 Å². The van der Waals surface area contributed by atoms with Crippen molar-refractivity contribution in [3.63, 3.8) is 0 Å². The molecule has 5 heteroatoms. The Morgan fingerprint density at radius 2 is 1.95 bits per heavy atom. The average Bonchev–Trinajstić information content (AvgIpc) is 2.40. The van der Waals surface area contributed by atoms with Crippen LogP contribution in [0.3, 0.4) is 0 Å². The number of para-hydroxylation sites is 1. The van der Waals surface area contributed by atoms with Gasteiger partial charge in [-0.15, -0.1) is 0 Å². The molecule has 104 valence electrons. The van der Waals surface area contributed by atoms with Crippen LogP contribution in [0.4, 0.5) is 15.8 Å². The number of hydrogen-bond donors (Lipinski definition) is 2. The number of amides is 1. The van der Waals surface area contributed by atoms with Crippen LogP contribution < -0.4 is 10.6 Å². The summed E-state index contributed by atoms with van der Waals surface area (Å²) in [7, 11) is 0. The molecule has 0 heterocycles. The van der Waals surface area contributed by atoms with Gasteiger partial charge in [0.25, 0.3) is 0 Å². The SMILES string of the molecule is Cc1ccc(NCC(=O)Nc2ccccc2F)c(Br)c1. The van der Waals surface area contributed by atoms with E-state index in [2.05, 4.69) is 26.6 Å². The summed E-state index contributed by atoms with van der Waals surface area (Å²) in [5.41, 5.74) is 2.12. The maximum absolute atomic E-state index is 13.4. The summed E-state index contributed by atoms with van der Waals surface area (Å²) in [6.07, 6.45) is 0. The fourth-order valence-corrected chi connectivity index (χ4v) is 2.33. The molecule has 0 unspecified atom stereocenters. The third kappa shape index (κ3) is 3.81. The lowest BCUT2D eigenvalue weighted by Gasteiger charge is -2.10. The number of carbonyl (C=O) groups excluding carboxylic acids is 1. The number of nitrogens with one attached hydrogen (secondary N) is 2. The highest BCUT2D eigenvalue weighted by Gasteiger charge is 2.07. The molecule has 0 aliphatic rings. The van der Waals surface area contributed by atoms with E-state index in [0.717, 1.165) is 15.7 Å². The van der Waals surface area contributed by atoms with Gasteiger partial charge in [-0.25, -0.2) is 4.39 Å². The molecule has 0 atom stereocenters. The van der Waals surface area contributed by atoms with Gasteiger partial charge in [-0.2, -0.15) is 0 Å². The maximum atomic E-state index is 13.4. The van der Waals surface area contributed by atoms with Crippen LogP contribution in [-0.4, -0.2) is 12.5 Å². The van der Waals surface area contributed by atoms with Crippen LogP contribution in [0.25, 0.3) is 0 Å². The Balaban J connectivity index is 1.94. The lowest BCUT2D eigenvalue weighted by atomic mass is 10.2. The Kier molecular flexibility index (Phi) is 4.74. The Labute approximate surface area is 125 Å². The summed E-state index contributed by atoms with van der Waals surface area (Å²) in [4.78, 5) is 11.8. The number of anilines is 2. The zero-order valence-electron chi connectivity index (χ0n) is 10.9. The Morgan fingerprint density at radius 3 is 2.65 bits per heavy atom. The molecule has 2 aromatic carbocycles. The fraction of sp³-hybridized carbons (Fsp3) is 0.133.